The lowest BCUT2D eigenvalue weighted by atomic mass is 10.0. The number of nitrogens with zero attached hydrogens (tertiary/aromatic N) is 2. The number of H-pyrrole nitrogens is 1. The Morgan fingerprint density at radius 3 is 2.37 bits per heavy atom. The van der Waals surface area contributed by atoms with Gasteiger partial charge in [0.25, 0.3) is 0 Å². The van der Waals surface area contributed by atoms with Crippen molar-refractivity contribution in [2.75, 3.05) is 6.61 Å². The van der Waals surface area contributed by atoms with Crippen molar-refractivity contribution in [3.8, 4) is 5.88 Å². The highest BCUT2D eigenvalue weighted by Crippen LogP contribution is 2.48. The molecule has 0 radical (unpaired) electrons. The maximum Gasteiger partial charge on any atom is 0.197 e. The first kappa shape index (κ1) is 21.3. The third-order valence-corrected chi connectivity index (χ3v) is 7.97. The van der Waals surface area contributed by atoms with E-state index in [1.165, 1.54) is 0 Å². The van der Waals surface area contributed by atoms with Crippen LogP contribution in [-0.4, -0.2) is 37.0 Å². The number of aromatic amines is 1. The maximum absolute atomic E-state index is 11.0. The number of aromatic nitrogens is 3. The molecule has 0 fully saturated rings. The Morgan fingerprint density at radius 1 is 0.971 bits per heavy atom. The number of benzene rings is 3. The third-order valence-electron chi connectivity index (χ3n) is 7.48. The average molecular weight is 532 g/mol. The molecule has 0 saturated heterocycles. The molecule has 0 amide bonds. The summed E-state index contributed by atoms with van der Waals surface area (Å²) in [6, 6.07) is 12.9. The van der Waals surface area contributed by atoms with Gasteiger partial charge in [-0.05, 0) is 49.7 Å². The van der Waals surface area contributed by atoms with Crippen LogP contribution in [-0.2, 0) is 24.4 Å². The Labute approximate surface area is 209 Å². The zero-order valence-corrected chi connectivity index (χ0v) is 21.2. The average Bonchev–Trinajstić information content (AvgIpc) is 3.43. The zero-order valence-electron chi connectivity index (χ0n) is 19.6. The summed E-state index contributed by atoms with van der Waals surface area (Å²) in [5.74, 6) is 0.256. The van der Waals surface area contributed by atoms with Crippen LogP contribution in [0.1, 0.15) is 19.4 Å². The minimum absolute atomic E-state index is 0.0714. The van der Waals surface area contributed by atoms with Crippen LogP contribution in [0.4, 0.5) is 0 Å². The Bertz CT molecular complexity index is 1810. The van der Waals surface area contributed by atoms with Gasteiger partial charge >= 0.3 is 0 Å². The molecule has 0 aliphatic carbocycles. The molecule has 0 saturated carbocycles. The van der Waals surface area contributed by atoms with Gasteiger partial charge in [-0.1, -0.05) is 22.0 Å². The molecule has 1 aliphatic heterocycles. The van der Waals surface area contributed by atoms with Gasteiger partial charge in [0.1, 0.15) is 0 Å². The van der Waals surface area contributed by atoms with Crippen LogP contribution in [0.3, 0.4) is 0 Å². The van der Waals surface area contributed by atoms with Gasteiger partial charge in [-0.2, -0.15) is 0 Å². The van der Waals surface area contributed by atoms with Crippen molar-refractivity contribution >= 4 is 70.3 Å². The molecular formula is C28H26BrN3O3. The molecule has 3 N–H and O–H groups in total. The van der Waals surface area contributed by atoms with Crippen molar-refractivity contribution in [3.63, 3.8) is 0 Å². The van der Waals surface area contributed by atoms with Crippen LogP contribution in [0.25, 0.3) is 54.4 Å². The van der Waals surface area contributed by atoms with E-state index < -0.39 is 0 Å². The number of hydrogen-bond donors (Lipinski definition) is 3. The molecule has 6 aromatic rings. The number of aliphatic hydroxyl groups excluding tert-OH is 1. The Hall–Kier alpha value is -3.00. The lowest BCUT2D eigenvalue weighted by Crippen LogP contribution is -2.18. The van der Waals surface area contributed by atoms with Gasteiger partial charge in [0.05, 0.1) is 29.1 Å². The largest absolute Gasteiger partial charge is 0.494 e. The number of halogens is 1. The summed E-state index contributed by atoms with van der Waals surface area (Å²) in [5, 5.41) is 27.6. The molecule has 1 unspecified atom stereocenters. The maximum atomic E-state index is 11.0. The Morgan fingerprint density at radius 2 is 1.66 bits per heavy atom. The van der Waals surface area contributed by atoms with E-state index in [9.17, 15) is 10.2 Å². The van der Waals surface area contributed by atoms with Crippen LogP contribution < -0.4 is 0 Å². The van der Waals surface area contributed by atoms with Gasteiger partial charge in [0.15, 0.2) is 5.88 Å². The molecule has 178 valence electrons. The van der Waals surface area contributed by atoms with Crippen molar-refractivity contribution in [1.82, 2.24) is 14.1 Å². The van der Waals surface area contributed by atoms with Crippen LogP contribution >= 0.6 is 15.9 Å². The highest BCUT2D eigenvalue weighted by molar-refractivity contribution is 9.10. The predicted octanol–water partition coefficient (Wildman–Crippen LogP) is 6.40. The van der Waals surface area contributed by atoms with E-state index in [1.54, 1.807) is 0 Å². The Balaban J connectivity index is 1.73. The van der Waals surface area contributed by atoms with Crippen molar-refractivity contribution in [2.24, 2.45) is 5.92 Å². The van der Waals surface area contributed by atoms with Gasteiger partial charge in [0.2, 0.25) is 0 Å². The monoisotopic (exact) mass is 531 g/mol. The van der Waals surface area contributed by atoms with E-state index in [4.69, 9.17) is 4.74 Å². The van der Waals surface area contributed by atoms with Crippen molar-refractivity contribution < 1.29 is 14.9 Å². The number of rotatable bonds is 4. The summed E-state index contributed by atoms with van der Waals surface area (Å²) in [6.45, 7) is 6.20. The van der Waals surface area contributed by atoms with Crippen molar-refractivity contribution in [1.29, 1.82) is 0 Å². The van der Waals surface area contributed by atoms with Crippen LogP contribution in [0.15, 0.2) is 47.1 Å². The molecule has 1 atom stereocenters. The number of hydrogen-bond acceptors (Lipinski definition) is 3. The molecule has 7 heteroatoms. The van der Waals surface area contributed by atoms with E-state index in [1.807, 2.05) is 20.0 Å². The van der Waals surface area contributed by atoms with Gasteiger partial charge in [-0.15, -0.1) is 0 Å². The number of ether oxygens (including phenoxy) is 1. The van der Waals surface area contributed by atoms with E-state index in [0.717, 1.165) is 71.0 Å². The molecule has 0 spiro atoms. The molecular weight excluding hydrogens is 506 g/mol. The van der Waals surface area contributed by atoms with Gasteiger partial charge in [-0.3, -0.25) is 0 Å². The molecule has 3 aromatic heterocycles. The normalized spacial score (nSPS) is 16.2. The number of aliphatic hydroxyl groups is 1. The summed E-state index contributed by atoms with van der Waals surface area (Å²) in [6.07, 6.45) is 2.08. The van der Waals surface area contributed by atoms with Gasteiger partial charge in [-0.25, -0.2) is 0 Å². The molecule has 35 heavy (non-hydrogen) atoms. The summed E-state index contributed by atoms with van der Waals surface area (Å²) in [7, 11) is 0. The number of aromatic hydroxyl groups is 1. The van der Waals surface area contributed by atoms with Crippen LogP contribution in [0.5, 0.6) is 5.88 Å². The molecule has 7 rings (SSSR count). The lowest BCUT2D eigenvalue weighted by molar-refractivity contribution is 0.0658. The van der Waals surface area contributed by atoms with Gasteiger partial charge < -0.3 is 29.1 Å². The van der Waals surface area contributed by atoms with Crippen molar-refractivity contribution in [3.05, 3.63) is 52.6 Å². The second kappa shape index (κ2) is 7.50. The number of fused-ring (bicyclic) bond motifs is 9. The van der Waals surface area contributed by atoms with Crippen LogP contribution in [0, 0.1) is 5.92 Å². The van der Waals surface area contributed by atoms with E-state index in [-0.39, 0.29) is 24.5 Å². The van der Waals surface area contributed by atoms with E-state index in [0.29, 0.717) is 13.2 Å². The smallest absolute Gasteiger partial charge is 0.197 e. The molecule has 0 bridgehead atoms. The number of nitrogens with one attached hydrogen (secondary N) is 1. The fraction of sp³-hybridized carbons (Fsp3) is 0.286. The lowest BCUT2D eigenvalue weighted by Gasteiger charge is -2.15. The molecule has 3 aromatic carbocycles. The highest BCUT2D eigenvalue weighted by atomic mass is 79.9. The van der Waals surface area contributed by atoms with E-state index in [2.05, 4.69) is 66.4 Å². The topological polar surface area (TPSA) is 75.3 Å². The van der Waals surface area contributed by atoms with Gasteiger partial charge in [0, 0.05) is 74.2 Å². The first-order chi connectivity index (χ1) is 17.0. The van der Waals surface area contributed by atoms with E-state index >= 15 is 0 Å². The minimum Gasteiger partial charge on any atom is -0.494 e. The summed E-state index contributed by atoms with van der Waals surface area (Å²) >= 11 is 3.65. The first-order valence-electron chi connectivity index (χ1n) is 12.1. The van der Waals surface area contributed by atoms with Crippen molar-refractivity contribution in [2.45, 2.75) is 39.6 Å². The standard InChI is InChI=1S/C28H26BrN3O3/c1-14(2)35-13-15-3-5-21-18(7-15)23-20-9-30-28(34)25(20)24-19-8-17(29)4-6-22(19)32-11-16(12-33)10-31(21)26(23)27(24)32/h3-9,14,16,30,33-34H,10-13H2,1-2H3. The molecule has 1 aliphatic rings. The second-order valence-electron chi connectivity index (χ2n) is 10.0. The fourth-order valence-electron chi connectivity index (χ4n) is 6.03. The molecule has 4 heterocycles. The minimum atomic E-state index is 0.0714. The second-order valence-corrected chi connectivity index (χ2v) is 10.9. The first-order valence-corrected chi connectivity index (χ1v) is 12.9. The third kappa shape index (κ3) is 2.89. The summed E-state index contributed by atoms with van der Waals surface area (Å²) < 4.78 is 11.6. The fourth-order valence-corrected chi connectivity index (χ4v) is 6.39. The predicted molar refractivity (Wildman–Crippen MR) is 144 cm³/mol. The summed E-state index contributed by atoms with van der Waals surface area (Å²) in [4.78, 5) is 3.09. The molecule has 6 nitrogen and oxygen atoms in total. The zero-order chi connectivity index (χ0) is 24.0. The highest BCUT2D eigenvalue weighted by Gasteiger charge is 2.29. The Kier molecular flexibility index (Phi) is 4.56. The quantitative estimate of drug-likeness (QED) is 0.246. The van der Waals surface area contributed by atoms with Crippen LogP contribution in [0.2, 0.25) is 0 Å². The summed E-state index contributed by atoms with van der Waals surface area (Å²) in [5.41, 5.74) is 5.65. The SMILES string of the molecule is CC(C)OCc1ccc2c(c1)c1c3c[nH]c(O)c3c3c4cc(Br)ccc4n4c3c1n2CC(CO)C4.